The van der Waals surface area contributed by atoms with E-state index in [0.717, 1.165) is 28.8 Å². The van der Waals surface area contributed by atoms with Crippen molar-refractivity contribution in [1.82, 2.24) is 15.2 Å². The summed E-state index contributed by atoms with van der Waals surface area (Å²) in [6, 6.07) is 17.8. The van der Waals surface area contributed by atoms with Crippen LogP contribution in [0, 0.1) is 0 Å². The van der Waals surface area contributed by atoms with E-state index in [1.54, 1.807) is 0 Å². The van der Waals surface area contributed by atoms with E-state index in [0.29, 0.717) is 23.8 Å². The van der Waals surface area contributed by atoms with Crippen molar-refractivity contribution in [3.05, 3.63) is 83.1 Å². The average Bonchev–Trinajstić information content (AvgIpc) is 3.02. The van der Waals surface area contributed by atoms with Crippen molar-refractivity contribution in [3.63, 3.8) is 0 Å². The van der Waals surface area contributed by atoms with E-state index in [-0.39, 0.29) is 17.7 Å². The minimum absolute atomic E-state index is 0.169. The number of para-hydroxylation sites is 1. The zero-order valence-corrected chi connectivity index (χ0v) is 17.9. The maximum Gasteiger partial charge on any atom is 0.339 e. The van der Waals surface area contributed by atoms with Crippen LogP contribution in [0.1, 0.15) is 31.7 Å². The molecule has 1 aliphatic heterocycles. The Bertz CT molecular complexity index is 1210. The van der Waals surface area contributed by atoms with Crippen molar-refractivity contribution in [2.24, 2.45) is 0 Å². The Morgan fingerprint density at radius 2 is 1.84 bits per heavy atom. The molecule has 2 atom stereocenters. The largest absolute Gasteiger partial charge is 0.511 e. The third-order valence-corrected chi connectivity index (χ3v) is 5.60. The number of anilines is 1. The van der Waals surface area contributed by atoms with Gasteiger partial charge in [-0.3, -0.25) is 0 Å². The van der Waals surface area contributed by atoms with E-state index in [9.17, 15) is 5.11 Å². The number of aliphatic hydroxyl groups excluding tert-OH is 1. The highest BCUT2D eigenvalue weighted by atomic mass is 16.5. The molecule has 0 amide bonds. The van der Waals surface area contributed by atoms with E-state index < -0.39 is 6.23 Å². The molecule has 2 heterocycles. The Morgan fingerprint density at radius 3 is 2.66 bits per heavy atom. The summed E-state index contributed by atoms with van der Waals surface area (Å²) >= 11 is 0. The van der Waals surface area contributed by atoms with Gasteiger partial charge in [0.15, 0.2) is 5.69 Å². The first-order valence-corrected chi connectivity index (χ1v) is 10.7. The second-order valence-electron chi connectivity index (χ2n) is 7.82. The molecule has 1 aliphatic carbocycles. The minimum Gasteiger partial charge on any atom is -0.511 e. The summed E-state index contributed by atoms with van der Waals surface area (Å²) in [6.07, 6.45) is 2.23. The van der Waals surface area contributed by atoms with Crippen molar-refractivity contribution in [3.8, 4) is 23.1 Å². The van der Waals surface area contributed by atoms with Crippen LogP contribution in [-0.4, -0.2) is 33.1 Å². The van der Waals surface area contributed by atoms with Crippen molar-refractivity contribution >= 4 is 5.69 Å². The van der Waals surface area contributed by atoms with Gasteiger partial charge in [-0.05, 0) is 30.5 Å². The standard InChI is InChI=1S/C25H24N4O3/c1-3-13-31-25-27-24-21(28-29-25)17-11-7-8-12-19(17)26-23(32-24)20-15(2)14-18(22(20)30)16-9-5-4-6-10-16/h4-12,14,18,23,26,30H,3,13H2,1-2H3. The Balaban J connectivity index is 1.58. The van der Waals surface area contributed by atoms with Crippen LogP contribution >= 0.6 is 0 Å². The van der Waals surface area contributed by atoms with Gasteiger partial charge in [-0.1, -0.05) is 66.6 Å². The molecule has 2 unspecified atom stereocenters. The fraction of sp³-hybridized carbons (Fsp3) is 0.240. The molecule has 2 N–H and O–H groups in total. The summed E-state index contributed by atoms with van der Waals surface area (Å²) in [5.41, 5.74) is 4.83. The predicted molar refractivity (Wildman–Crippen MR) is 122 cm³/mol. The van der Waals surface area contributed by atoms with Gasteiger partial charge in [-0.2, -0.15) is 4.98 Å². The van der Waals surface area contributed by atoms with Gasteiger partial charge in [0.05, 0.1) is 18.1 Å². The third kappa shape index (κ3) is 3.56. The third-order valence-electron chi connectivity index (χ3n) is 5.60. The Hall–Kier alpha value is -3.87. The highest BCUT2D eigenvalue weighted by Crippen LogP contribution is 2.42. The number of benzene rings is 2. The molecular weight excluding hydrogens is 404 g/mol. The van der Waals surface area contributed by atoms with Gasteiger partial charge in [-0.15, -0.1) is 5.10 Å². The van der Waals surface area contributed by atoms with Gasteiger partial charge < -0.3 is 19.9 Å². The van der Waals surface area contributed by atoms with Crippen LogP contribution < -0.4 is 14.8 Å². The molecule has 1 aromatic heterocycles. The first-order valence-electron chi connectivity index (χ1n) is 10.7. The quantitative estimate of drug-likeness (QED) is 0.590. The number of allylic oxidation sites excluding steroid dienone is 1. The lowest BCUT2D eigenvalue weighted by atomic mass is 9.99. The highest BCUT2D eigenvalue weighted by Gasteiger charge is 2.35. The topological polar surface area (TPSA) is 89.4 Å². The summed E-state index contributed by atoms with van der Waals surface area (Å²) < 4.78 is 11.9. The maximum atomic E-state index is 11.2. The maximum absolute atomic E-state index is 11.2. The number of aliphatic hydroxyl groups is 1. The Kier molecular flexibility index (Phi) is 5.23. The Morgan fingerprint density at radius 1 is 1.06 bits per heavy atom. The van der Waals surface area contributed by atoms with Crippen molar-refractivity contribution < 1.29 is 14.6 Å². The number of ether oxygens (including phenoxy) is 2. The van der Waals surface area contributed by atoms with Gasteiger partial charge in [0, 0.05) is 11.3 Å². The van der Waals surface area contributed by atoms with Crippen molar-refractivity contribution in [2.45, 2.75) is 32.4 Å². The zero-order chi connectivity index (χ0) is 22.1. The molecule has 0 saturated heterocycles. The smallest absolute Gasteiger partial charge is 0.339 e. The number of rotatable bonds is 5. The molecule has 7 heteroatoms. The molecule has 2 aromatic carbocycles. The molecule has 0 bridgehead atoms. The number of hydrogen-bond acceptors (Lipinski definition) is 7. The normalized spacial score (nSPS) is 19.2. The first kappa shape index (κ1) is 20.1. The molecule has 162 valence electrons. The fourth-order valence-corrected chi connectivity index (χ4v) is 4.08. The zero-order valence-electron chi connectivity index (χ0n) is 17.9. The molecule has 0 fully saturated rings. The van der Waals surface area contributed by atoms with E-state index in [2.05, 4.69) is 26.6 Å². The van der Waals surface area contributed by atoms with Crippen LogP contribution in [0.4, 0.5) is 5.69 Å². The number of aromatic nitrogens is 3. The lowest BCUT2D eigenvalue weighted by molar-refractivity contribution is 0.236. The molecule has 32 heavy (non-hydrogen) atoms. The number of nitrogens with zero attached hydrogens (tertiary/aromatic N) is 3. The molecule has 7 nitrogen and oxygen atoms in total. The molecule has 3 aromatic rings. The number of fused-ring (bicyclic) bond motifs is 3. The average molecular weight is 428 g/mol. The second-order valence-corrected chi connectivity index (χ2v) is 7.82. The first-order chi connectivity index (χ1) is 15.7. The van der Waals surface area contributed by atoms with Gasteiger partial charge in [0.25, 0.3) is 0 Å². The summed E-state index contributed by atoms with van der Waals surface area (Å²) in [4.78, 5) is 4.48. The number of nitrogens with one attached hydrogen (secondary N) is 1. The van der Waals surface area contributed by atoms with E-state index in [1.807, 2.05) is 68.4 Å². The van der Waals surface area contributed by atoms with E-state index in [4.69, 9.17) is 9.47 Å². The summed E-state index contributed by atoms with van der Waals surface area (Å²) in [6.45, 7) is 4.48. The van der Waals surface area contributed by atoms with Crippen LogP contribution in [0.25, 0.3) is 11.3 Å². The van der Waals surface area contributed by atoms with Crippen LogP contribution in [0.2, 0.25) is 0 Å². The number of hydrogen-bond donors (Lipinski definition) is 2. The Labute approximate surface area is 186 Å². The molecule has 5 rings (SSSR count). The van der Waals surface area contributed by atoms with Crippen LogP contribution in [-0.2, 0) is 0 Å². The van der Waals surface area contributed by atoms with Crippen molar-refractivity contribution in [2.75, 3.05) is 11.9 Å². The van der Waals surface area contributed by atoms with E-state index >= 15 is 0 Å². The van der Waals surface area contributed by atoms with Crippen LogP contribution in [0.15, 0.2) is 77.6 Å². The van der Waals surface area contributed by atoms with Crippen LogP contribution in [0.3, 0.4) is 0 Å². The fourth-order valence-electron chi connectivity index (χ4n) is 4.08. The molecule has 0 spiro atoms. The lowest BCUT2D eigenvalue weighted by Crippen LogP contribution is -2.29. The monoisotopic (exact) mass is 428 g/mol. The summed E-state index contributed by atoms with van der Waals surface area (Å²) in [5.74, 6) is 0.350. The van der Waals surface area contributed by atoms with Crippen molar-refractivity contribution in [1.29, 1.82) is 0 Å². The highest BCUT2D eigenvalue weighted by molar-refractivity contribution is 5.79. The lowest BCUT2D eigenvalue weighted by Gasteiger charge is -2.22. The van der Waals surface area contributed by atoms with E-state index in [1.165, 1.54) is 0 Å². The molecule has 0 radical (unpaired) electrons. The molecule has 2 aliphatic rings. The van der Waals surface area contributed by atoms with Gasteiger partial charge >= 0.3 is 6.01 Å². The SMILES string of the molecule is CCCOc1nnc2c(n1)OC(C1=C(O)C(c3ccccc3)C=C1C)Nc1ccccc1-2. The van der Waals surface area contributed by atoms with Crippen LogP contribution in [0.5, 0.6) is 11.9 Å². The second kappa shape index (κ2) is 8.34. The molecule has 0 saturated carbocycles. The summed E-state index contributed by atoms with van der Waals surface area (Å²) in [7, 11) is 0. The van der Waals surface area contributed by atoms with Gasteiger partial charge in [0.2, 0.25) is 12.1 Å². The predicted octanol–water partition coefficient (Wildman–Crippen LogP) is 5.01. The van der Waals surface area contributed by atoms with Gasteiger partial charge in [-0.25, -0.2) is 0 Å². The summed E-state index contributed by atoms with van der Waals surface area (Å²) in [5, 5.41) is 23.1. The molecular formula is C25H24N4O3. The van der Waals surface area contributed by atoms with Gasteiger partial charge in [0.1, 0.15) is 5.76 Å². The minimum atomic E-state index is -0.655.